The Morgan fingerprint density at radius 1 is 1.12 bits per heavy atom. The van der Waals surface area contributed by atoms with Crippen LogP contribution < -0.4 is 0 Å². The Bertz CT molecular complexity index is 290. The van der Waals surface area contributed by atoms with Gasteiger partial charge in [0.25, 0.3) is 0 Å². The first-order chi connectivity index (χ1) is 8.01. The summed E-state index contributed by atoms with van der Waals surface area (Å²) < 4.78 is 0. The highest BCUT2D eigenvalue weighted by Crippen LogP contribution is 2.31. The van der Waals surface area contributed by atoms with Crippen LogP contribution in [0.15, 0.2) is 12.2 Å². The Kier molecular flexibility index (Phi) is 6.06. The molecule has 1 fully saturated rings. The van der Waals surface area contributed by atoms with Gasteiger partial charge < -0.3 is 0 Å². The number of rotatable bonds is 3. The molecule has 0 aromatic heterocycles. The highest BCUT2D eigenvalue weighted by Gasteiger charge is 2.18. The van der Waals surface area contributed by atoms with Gasteiger partial charge in [-0.1, -0.05) is 51.4 Å². The first-order valence-corrected chi connectivity index (χ1v) is 10.7. The third kappa shape index (κ3) is 6.73. The van der Waals surface area contributed by atoms with E-state index in [0.717, 1.165) is 11.8 Å². The third-order valence-electron chi connectivity index (χ3n) is 3.49. The van der Waals surface area contributed by atoms with Gasteiger partial charge in [-0.3, -0.25) is 0 Å². The molecule has 0 radical (unpaired) electrons. The van der Waals surface area contributed by atoms with Crippen LogP contribution in [0.1, 0.15) is 45.4 Å². The SMILES string of the molecule is CCC[C@H]1CC[C@H](/C=C/C#C[Si](C)(C)C)CC1. The van der Waals surface area contributed by atoms with Gasteiger partial charge in [-0.25, -0.2) is 0 Å². The van der Waals surface area contributed by atoms with Crippen molar-refractivity contribution in [3.8, 4) is 11.5 Å². The molecule has 96 valence electrons. The second-order valence-corrected chi connectivity index (χ2v) is 11.2. The Labute approximate surface area is 109 Å². The predicted octanol–water partition coefficient (Wildman–Crippen LogP) is 5.03. The van der Waals surface area contributed by atoms with Gasteiger partial charge in [0.2, 0.25) is 0 Å². The molecule has 0 saturated heterocycles. The van der Waals surface area contributed by atoms with Crippen LogP contribution in [0.4, 0.5) is 0 Å². The van der Waals surface area contributed by atoms with Crippen molar-refractivity contribution in [2.45, 2.75) is 65.1 Å². The third-order valence-corrected chi connectivity index (χ3v) is 4.38. The highest BCUT2D eigenvalue weighted by molar-refractivity contribution is 6.83. The minimum atomic E-state index is -1.18. The molecule has 0 amide bonds. The van der Waals surface area contributed by atoms with Gasteiger partial charge in [0.1, 0.15) is 8.07 Å². The first kappa shape index (κ1) is 14.6. The monoisotopic (exact) mass is 248 g/mol. The van der Waals surface area contributed by atoms with E-state index >= 15 is 0 Å². The normalized spacial score (nSPS) is 25.6. The molecule has 1 heteroatoms. The molecule has 0 aliphatic heterocycles. The lowest BCUT2D eigenvalue weighted by atomic mass is 9.80. The molecule has 0 heterocycles. The molecular weight excluding hydrogens is 220 g/mol. The van der Waals surface area contributed by atoms with Crippen LogP contribution in [-0.2, 0) is 0 Å². The van der Waals surface area contributed by atoms with Crippen molar-refractivity contribution in [1.29, 1.82) is 0 Å². The summed E-state index contributed by atoms with van der Waals surface area (Å²) in [4.78, 5) is 0. The molecule has 0 bridgehead atoms. The molecule has 0 aromatic carbocycles. The summed E-state index contributed by atoms with van der Waals surface area (Å²) in [5, 5.41) is 0. The minimum Gasteiger partial charge on any atom is -0.127 e. The Hall–Kier alpha value is -0.483. The van der Waals surface area contributed by atoms with E-state index in [9.17, 15) is 0 Å². The van der Waals surface area contributed by atoms with Crippen molar-refractivity contribution in [3.63, 3.8) is 0 Å². The van der Waals surface area contributed by atoms with E-state index in [-0.39, 0.29) is 0 Å². The van der Waals surface area contributed by atoms with Gasteiger partial charge in [0, 0.05) is 0 Å². The molecule has 17 heavy (non-hydrogen) atoms. The van der Waals surface area contributed by atoms with Crippen LogP contribution in [-0.4, -0.2) is 8.07 Å². The van der Waals surface area contributed by atoms with E-state index in [1.165, 1.54) is 38.5 Å². The van der Waals surface area contributed by atoms with Crippen molar-refractivity contribution in [2.24, 2.45) is 11.8 Å². The highest BCUT2D eigenvalue weighted by atomic mass is 28.3. The molecule has 0 spiro atoms. The van der Waals surface area contributed by atoms with Crippen molar-refractivity contribution < 1.29 is 0 Å². The van der Waals surface area contributed by atoms with E-state index in [2.05, 4.69) is 50.2 Å². The molecule has 1 rings (SSSR count). The fourth-order valence-electron chi connectivity index (χ4n) is 2.52. The maximum atomic E-state index is 3.39. The summed E-state index contributed by atoms with van der Waals surface area (Å²) in [5.74, 6) is 5.06. The zero-order chi connectivity index (χ0) is 12.7. The van der Waals surface area contributed by atoms with E-state index in [1.807, 2.05) is 0 Å². The molecule has 0 unspecified atom stereocenters. The second kappa shape index (κ2) is 7.06. The van der Waals surface area contributed by atoms with Crippen LogP contribution >= 0.6 is 0 Å². The summed E-state index contributed by atoms with van der Waals surface area (Å²) in [5.41, 5.74) is 3.39. The van der Waals surface area contributed by atoms with Gasteiger partial charge in [0.05, 0.1) is 0 Å². The number of allylic oxidation sites excluding steroid dienone is 2. The lowest BCUT2D eigenvalue weighted by molar-refractivity contribution is 0.294. The summed E-state index contributed by atoms with van der Waals surface area (Å²) in [6.07, 6.45) is 12.9. The second-order valence-electron chi connectivity index (χ2n) is 6.45. The lowest BCUT2D eigenvalue weighted by Gasteiger charge is -2.26. The Morgan fingerprint density at radius 2 is 1.76 bits per heavy atom. The lowest BCUT2D eigenvalue weighted by Crippen LogP contribution is -2.16. The standard InChI is InChI=1S/C16H28Si/c1-5-8-15-10-12-16(13-11-15)9-6-7-14-17(2,3)4/h6,9,15-16H,5,8,10-13H2,1-4H3/b9-6+/t15-,16-. The molecule has 0 N–H and O–H groups in total. The van der Waals surface area contributed by atoms with E-state index in [4.69, 9.17) is 0 Å². The fraction of sp³-hybridized carbons (Fsp3) is 0.750. The molecular formula is C16H28Si. The van der Waals surface area contributed by atoms with Crippen molar-refractivity contribution in [2.75, 3.05) is 0 Å². The summed E-state index contributed by atoms with van der Waals surface area (Å²) in [7, 11) is -1.18. The zero-order valence-electron chi connectivity index (χ0n) is 12.1. The van der Waals surface area contributed by atoms with Crippen LogP contribution in [0, 0.1) is 23.3 Å². The summed E-state index contributed by atoms with van der Waals surface area (Å²) >= 11 is 0. The first-order valence-electron chi connectivity index (χ1n) is 7.20. The molecule has 0 atom stereocenters. The number of hydrogen-bond donors (Lipinski definition) is 0. The van der Waals surface area contributed by atoms with Crippen molar-refractivity contribution in [3.05, 3.63) is 12.2 Å². The van der Waals surface area contributed by atoms with Crippen molar-refractivity contribution >= 4 is 8.07 Å². The predicted molar refractivity (Wildman–Crippen MR) is 80.6 cm³/mol. The fourth-order valence-corrected chi connectivity index (χ4v) is 3.04. The van der Waals surface area contributed by atoms with E-state index in [1.54, 1.807) is 0 Å². The van der Waals surface area contributed by atoms with E-state index in [0.29, 0.717) is 0 Å². The summed E-state index contributed by atoms with van der Waals surface area (Å²) in [6.45, 7) is 9.19. The van der Waals surface area contributed by atoms with Gasteiger partial charge >= 0.3 is 0 Å². The van der Waals surface area contributed by atoms with Gasteiger partial charge in [0.15, 0.2) is 0 Å². The topological polar surface area (TPSA) is 0 Å². The zero-order valence-corrected chi connectivity index (χ0v) is 13.1. The molecule has 0 aromatic rings. The quantitative estimate of drug-likeness (QED) is 0.485. The average Bonchev–Trinajstić information content (AvgIpc) is 2.26. The largest absolute Gasteiger partial charge is 0.129 e. The molecule has 0 nitrogen and oxygen atoms in total. The van der Waals surface area contributed by atoms with Gasteiger partial charge in [-0.05, 0) is 43.6 Å². The van der Waals surface area contributed by atoms with Gasteiger partial charge in [-0.15, -0.1) is 5.54 Å². The van der Waals surface area contributed by atoms with Crippen LogP contribution in [0.25, 0.3) is 0 Å². The summed E-state index contributed by atoms with van der Waals surface area (Å²) in [6, 6.07) is 0. The van der Waals surface area contributed by atoms with Crippen molar-refractivity contribution in [1.82, 2.24) is 0 Å². The molecule has 1 aliphatic rings. The van der Waals surface area contributed by atoms with Crippen LogP contribution in [0.2, 0.25) is 19.6 Å². The van der Waals surface area contributed by atoms with Crippen LogP contribution in [0.3, 0.4) is 0 Å². The Balaban J connectivity index is 2.30. The number of hydrogen-bond acceptors (Lipinski definition) is 0. The maximum absolute atomic E-state index is 3.39. The molecule has 1 saturated carbocycles. The van der Waals surface area contributed by atoms with Crippen LogP contribution in [0.5, 0.6) is 0 Å². The minimum absolute atomic E-state index is 0.805. The average molecular weight is 248 g/mol. The van der Waals surface area contributed by atoms with Gasteiger partial charge in [-0.2, -0.15) is 0 Å². The van der Waals surface area contributed by atoms with E-state index < -0.39 is 8.07 Å². The molecule has 1 aliphatic carbocycles. The Morgan fingerprint density at radius 3 is 2.29 bits per heavy atom. The smallest absolute Gasteiger partial charge is 0.127 e. The maximum Gasteiger partial charge on any atom is 0.129 e.